The van der Waals surface area contributed by atoms with Gasteiger partial charge < -0.3 is 10.3 Å². The average Bonchev–Trinajstić information content (AvgIpc) is 3.30. The molecule has 0 saturated heterocycles. The number of amides is 1. The zero-order valence-electron chi connectivity index (χ0n) is 16.2. The molecule has 4 rings (SSSR count). The molecule has 7 nitrogen and oxygen atoms in total. The van der Waals surface area contributed by atoms with Gasteiger partial charge in [0, 0.05) is 16.5 Å². The molecule has 0 aliphatic heterocycles. The van der Waals surface area contributed by atoms with E-state index in [9.17, 15) is 18.0 Å². The van der Waals surface area contributed by atoms with Crippen molar-refractivity contribution in [2.24, 2.45) is 0 Å². The molecule has 0 spiro atoms. The summed E-state index contributed by atoms with van der Waals surface area (Å²) >= 11 is 1.51. The summed E-state index contributed by atoms with van der Waals surface area (Å²) in [5, 5.41) is 5.28. The Bertz CT molecular complexity index is 1360. The Kier molecular flexibility index (Phi) is 5.99. The molecular formula is C22H19N3O4S2. The number of pyridine rings is 1. The van der Waals surface area contributed by atoms with Gasteiger partial charge in [-0.25, -0.2) is 8.42 Å². The topological polar surface area (TPSA) is 108 Å². The van der Waals surface area contributed by atoms with Gasteiger partial charge >= 0.3 is 0 Å². The number of hydrogen-bond acceptors (Lipinski definition) is 5. The molecule has 2 aromatic heterocycles. The highest BCUT2D eigenvalue weighted by Gasteiger charge is 2.27. The molecule has 2 aromatic carbocycles. The molecule has 0 fully saturated rings. The van der Waals surface area contributed by atoms with Gasteiger partial charge in [-0.2, -0.15) is 4.72 Å². The third-order valence-electron chi connectivity index (χ3n) is 4.69. The number of aromatic amines is 1. The second-order valence-corrected chi connectivity index (χ2v) is 9.58. The Morgan fingerprint density at radius 2 is 1.81 bits per heavy atom. The molecule has 0 aliphatic carbocycles. The summed E-state index contributed by atoms with van der Waals surface area (Å²) in [5.74, 6) is -0.451. The van der Waals surface area contributed by atoms with Crippen LogP contribution in [0.1, 0.15) is 16.5 Å². The number of hydrogen-bond donors (Lipinski definition) is 3. The molecule has 1 atom stereocenters. The van der Waals surface area contributed by atoms with Crippen molar-refractivity contribution in [2.75, 3.05) is 0 Å². The maximum atomic E-state index is 13.1. The molecule has 0 unspecified atom stereocenters. The van der Waals surface area contributed by atoms with Gasteiger partial charge in [-0.3, -0.25) is 9.59 Å². The lowest BCUT2D eigenvalue weighted by Crippen LogP contribution is -2.40. The SMILES string of the molecule is O=C(NCc1cccs1)[C@H](NS(=O)(=O)c1ccc2[nH]c(=O)ccc2c1)c1ccccc1. The number of carbonyl (C=O) groups is 1. The maximum Gasteiger partial charge on any atom is 0.248 e. The van der Waals surface area contributed by atoms with E-state index >= 15 is 0 Å². The molecule has 3 N–H and O–H groups in total. The summed E-state index contributed by atoms with van der Waals surface area (Å²) in [6.07, 6.45) is 0. The first-order valence-electron chi connectivity index (χ1n) is 9.43. The number of rotatable bonds is 7. The molecule has 0 aliphatic rings. The molecule has 0 radical (unpaired) electrons. The smallest absolute Gasteiger partial charge is 0.248 e. The zero-order valence-corrected chi connectivity index (χ0v) is 17.9. The van der Waals surface area contributed by atoms with Crippen LogP contribution in [0.5, 0.6) is 0 Å². The number of fused-ring (bicyclic) bond motifs is 1. The van der Waals surface area contributed by atoms with E-state index in [4.69, 9.17) is 0 Å². The van der Waals surface area contributed by atoms with E-state index in [1.807, 2.05) is 17.5 Å². The monoisotopic (exact) mass is 453 g/mol. The van der Waals surface area contributed by atoms with Crippen LogP contribution in [0.15, 0.2) is 87.9 Å². The summed E-state index contributed by atoms with van der Waals surface area (Å²) in [6, 6.07) is 18.6. The van der Waals surface area contributed by atoms with Crippen molar-refractivity contribution in [3.05, 3.63) is 99.0 Å². The van der Waals surface area contributed by atoms with Gasteiger partial charge in [-0.1, -0.05) is 36.4 Å². The first-order valence-corrected chi connectivity index (χ1v) is 11.8. The van der Waals surface area contributed by atoms with Gasteiger partial charge in [0.25, 0.3) is 0 Å². The highest BCUT2D eigenvalue weighted by atomic mass is 32.2. The van der Waals surface area contributed by atoms with Crippen LogP contribution in [0.25, 0.3) is 10.9 Å². The number of carbonyl (C=O) groups excluding carboxylic acids is 1. The molecule has 1 amide bonds. The van der Waals surface area contributed by atoms with Crippen molar-refractivity contribution in [2.45, 2.75) is 17.5 Å². The third kappa shape index (κ3) is 4.91. The number of H-pyrrole nitrogens is 1. The van der Waals surface area contributed by atoms with Crippen LogP contribution in [0.3, 0.4) is 0 Å². The van der Waals surface area contributed by atoms with Crippen molar-refractivity contribution in [1.29, 1.82) is 0 Å². The summed E-state index contributed by atoms with van der Waals surface area (Å²) < 4.78 is 28.7. The molecular weight excluding hydrogens is 434 g/mol. The third-order valence-corrected chi connectivity index (χ3v) is 6.99. The summed E-state index contributed by atoms with van der Waals surface area (Å²) in [5.41, 5.74) is 0.785. The second-order valence-electron chi connectivity index (χ2n) is 6.83. The Hall–Kier alpha value is -3.27. The Morgan fingerprint density at radius 3 is 2.55 bits per heavy atom. The average molecular weight is 454 g/mol. The fraction of sp³-hybridized carbons (Fsp3) is 0.0909. The minimum atomic E-state index is -4.03. The predicted octanol–water partition coefficient (Wildman–Crippen LogP) is 2.93. The van der Waals surface area contributed by atoms with Crippen LogP contribution in [-0.2, 0) is 21.4 Å². The molecule has 158 valence electrons. The fourth-order valence-corrected chi connectivity index (χ4v) is 4.99. The lowest BCUT2D eigenvalue weighted by atomic mass is 10.1. The van der Waals surface area contributed by atoms with Gasteiger partial charge in [-0.15, -0.1) is 11.3 Å². The number of nitrogens with one attached hydrogen (secondary N) is 3. The summed E-state index contributed by atoms with van der Waals surface area (Å²) in [6.45, 7) is 0.310. The van der Waals surface area contributed by atoms with Gasteiger partial charge in [0.05, 0.1) is 11.4 Å². The van der Waals surface area contributed by atoms with Crippen molar-refractivity contribution in [3.8, 4) is 0 Å². The standard InChI is InChI=1S/C22H19N3O4S2/c26-20-11-8-16-13-18(9-10-19(16)24-20)31(28,29)25-21(15-5-2-1-3-6-15)22(27)23-14-17-7-4-12-30-17/h1-13,21,25H,14H2,(H,23,27)(H,24,26)/t21-/m1/s1. The van der Waals surface area contributed by atoms with E-state index in [-0.39, 0.29) is 10.5 Å². The van der Waals surface area contributed by atoms with Gasteiger partial charge in [0.15, 0.2) is 0 Å². The highest BCUT2D eigenvalue weighted by Crippen LogP contribution is 2.21. The fourth-order valence-electron chi connectivity index (χ4n) is 3.13. The van der Waals surface area contributed by atoms with Crippen molar-refractivity contribution < 1.29 is 13.2 Å². The lowest BCUT2D eigenvalue weighted by molar-refractivity contribution is -0.123. The van der Waals surface area contributed by atoms with Crippen molar-refractivity contribution in [1.82, 2.24) is 15.0 Å². The Balaban J connectivity index is 1.62. The number of benzene rings is 2. The number of thiophene rings is 1. The molecule has 9 heteroatoms. The first-order chi connectivity index (χ1) is 14.9. The van der Waals surface area contributed by atoms with Gasteiger partial charge in [0.2, 0.25) is 21.5 Å². The first kappa shape index (κ1) is 21.0. The Labute approximate surface area is 182 Å². The highest BCUT2D eigenvalue weighted by molar-refractivity contribution is 7.89. The molecule has 31 heavy (non-hydrogen) atoms. The molecule has 0 saturated carbocycles. The second kappa shape index (κ2) is 8.84. The van der Waals surface area contributed by atoms with Gasteiger partial charge in [0.1, 0.15) is 6.04 Å². The van der Waals surface area contributed by atoms with E-state index in [1.54, 1.807) is 36.4 Å². The number of sulfonamides is 1. The Morgan fingerprint density at radius 1 is 1.00 bits per heavy atom. The normalized spacial score (nSPS) is 12.5. The summed E-state index contributed by atoms with van der Waals surface area (Å²) in [7, 11) is -4.03. The molecule has 2 heterocycles. The predicted molar refractivity (Wildman–Crippen MR) is 120 cm³/mol. The molecule has 0 bridgehead atoms. The quantitative estimate of drug-likeness (QED) is 0.400. The van der Waals surface area contributed by atoms with Crippen LogP contribution in [0.2, 0.25) is 0 Å². The van der Waals surface area contributed by atoms with E-state index in [0.29, 0.717) is 23.0 Å². The van der Waals surface area contributed by atoms with Crippen molar-refractivity contribution >= 4 is 38.2 Å². The maximum absolute atomic E-state index is 13.1. The minimum absolute atomic E-state index is 0.000892. The van der Waals surface area contributed by atoms with E-state index in [0.717, 1.165) is 4.88 Å². The minimum Gasteiger partial charge on any atom is -0.350 e. The van der Waals surface area contributed by atoms with Crippen LogP contribution < -0.4 is 15.6 Å². The lowest BCUT2D eigenvalue weighted by Gasteiger charge is -2.19. The summed E-state index contributed by atoms with van der Waals surface area (Å²) in [4.78, 5) is 28.0. The van der Waals surface area contributed by atoms with Crippen molar-refractivity contribution in [3.63, 3.8) is 0 Å². The number of aromatic nitrogens is 1. The van der Waals surface area contributed by atoms with Crippen LogP contribution in [-0.4, -0.2) is 19.3 Å². The van der Waals surface area contributed by atoms with Crippen LogP contribution >= 0.6 is 11.3 Å². The zero-order chi connectivity index (χ0) is 21.8. The van der Waals surface area contributed by atoms with E-state index < -0.39 is 22.0 Å². The van der Waals surface area contributed by atoms with Crippen LogP contribution in [0, 0.1) is 0 Å². The van der Waals surface area contributed by atoms with Gasteiger partial charge in [-0.05, 0) is 46.7 Å². The van der Waals surface area contributed by atoms with E-state index in [2.05, 4.69) is 15.0 Å². The molecule has 4 aromatic rings. The largest absolute Gasteiger partial charge is 0.350 e. The van der Waals surface area contributed by atoms with E-state index in [1.165, 1.54) is 35.6 Å². The van der Waals surface area contributed by atoms with Crippen LogP contribution in [0.4, 0.5) is 0 Å².